The van der Waals surface area contributed by atoms with Crippen molar-refractivity contribution in [2.24, 2.45) is 0 Å². The molecule has 0 aliphatic rings. The van der Waals surface area contributed by atoms with Gasteiger partial charge in [-0.1, -0.05) is 29.8 Å². The number of rotatable bonds is 5. The van der Waals surface area contributed by atoms with Crippen LogP contribution >= 0.6 is 0 Å². The molecule has 25 heavy (non-hydrogen) atoms. The highest BCUT2D eigenvalue weighted by Crippen LogP contribution is 2.22. The van der Waals surface area contributed by atoms with Crippen LogP contribution in [0.4, 0.5) is 11.5 Å². The predicted octanol–water partition coefficient (Wildman–Crippen LogP) is 4.04. The van der Waals surface area contributed by atoms with Crippen molar-refractivity contribution in [3.8, 4) is 0 Å². The molecule has 1 heterocycles. The molecule has 1 N–H and O–H groups in total. The lowest BCUT2D eigenvalue weighted by atomic mass is 10.2. The van der Waals surface area contributed by atoms with Gasteiger partial charge in [0.2, 0.25) is 0 Å². The highest BCUT2D eigenvalue weighted by molar-refractivity contribution is 6.07. The number of carbonyl (C=O) groups excluding carboxylic acids is 1. The summed E-state index contributed by atoms with van der Waals surface area (Å²) in [6, 6.07) is 15.3. The lowest BCUT2D eigenvalue weighted by Gasteiger charge is -2.22. The number of fused-ring (bicyclic) bond motifs is 1. The summed E-state index contributed by atoms with van der Waals surface area (Å²) < 4.78 is 0. The van der Waals surface area contributed by atoms with Gasteiger partial charge < -0.3 is 10.2 Å². The summed E-state index contributed by atoms with van der Waals surface area (Å²) in [6.45, 7) is 7.62. The number of anilines is 2. The topological polar surface area (TPSA) is 58.1 Å². The summed E-state index contributed by atoms with van der Waals surface area (Å²) in [4.78, 5) is 24.2. The van der Waals surface area contributed by atoms with Crippen LogP contribution in [0.1, 0.15) is 29.9 Å². The van der Waals surface area contributed by atoms with Gasteiger partial charge in [-0.2, -0.15) is 0 Å². The van der Waals surface area contributed by atoms with Crippen LogP contribution in [0, 0.1) is 6.92 Å². The molecule has 3 rings (SSSR count). The average Bonchev–Trinajstić information content (AvgIpc) is 2.64. The second-order valence-electron chi connectivity index (χ2n) is 5.88. The Labute approximate surface area is 147 Å². The van der Waals surface area contributed by atoms with Gasteiger partial charge in [-0.15, -0.1) is 0 Å². The number of para-hydroxylation sites is 2. The minimum atomic E-state index is -0.246. The van der Waals surface area contributed by atoms with Gasteiger partial charge in [0.25, 0.3) is 5.91 Å². The van der Waals surface area contributed by atoms with Crippen molar-refractivity contribution in [1.82, 2.24) is 9.97 Å². The Morgan fingerprint density at radius 3 is 2.16 bits per heavy atom. The van der Waals surface area contributed by atoms with Crippen LogP contribution in [0.5, 0.6) is 0 Å². The van der Waals surface area contributed by atoms with Crippen molar-refractivity contribution in [2.45, 2.75) is 20.8 Å². The highest BCUT2D eigenvalue weighted by atomic mass is 16.1. The smallest absolute Gasteiger partial charge is 0.278 e. The van der Waals surface area contributed by atoms with Gasteiger partial charge in [0.05, 0.1) is 11.0 Å². The number of carbonyl (C=O) groups is 1. The molecule has 1 aromatic heterocycles. The standard InChI is InChI=1S/C20H22N4O/c1-4-24(5-2)19-18(22-16-8-6-7-9-17(16)23-19)20(25)21-15-12-10-14(3)11-13-15/h6-13H,4-5H2,1-3H3,(H,21,25). The summed E-state index contributed by atoms with van der Waals surface area (Å²) in [5, 5.41) is 2.93. The Balaban J connectivity index is 2.03. The van der Waals surface area contributed by atoms with Crippen LogP contribution in [0.25, 0.3) is 11.0 Å². The Morgan fingerprint density at radius 1 is 0.960 bits per heavy atom. The van der Waals surface area contributed by atoms with Crippen LogP contribution in [0.3, 0.4) is 0 Å². The molecule has 5 heteroatoms. The number of hydrogen-bond acceptors (Lipinski definition) is 4. The molecule has 0 bridgehead atoms. The van der Waals surface area contributed by atoms with Crippen LogP contribution < -0.4 is 10.2 Å². The molecule has 0 saturated heterocycles. The average molecular weight is 334 g/mol. The Hall–Kier alpha value is -2.95. The Bertz CT molecular complexity index is 886. The van der Waals surface area contributed by atoms with Gasteiger partial charge in [-0.05, 0) is 45.0 Å². The van der Waals surface area contributed by atoms with Crippen LogP contribution in [-0.2, 0) is 0 Å². The molecule has 0 aliphatic carbocycles. The van der Waals surface area contributed by atoms with E-state index >= 15 is 0 Å². The van der Waals surface area contributed by atoms with Gasteiger partial charge >= 0.3 is 0 Å². The first-order valence-electron chi connectivity index (χ1n) is 8.52. The fraction of sp³-hybridized carbons (Fsp3) is 0.250. The molecule has 0 aliphatic heterocycles. The summed E-state index contributed by atoms with van der Waals surface area (Å²) >= 11 is 0. The first-order valence-corrected chi connectivity index (χ1v) is 8.52. The summed E-state index contributed by atoms with van der Waals surface area (Å²) in [5.41, 5.74) is 3.75. The van der Waals surface area contributed by atoms with E-state index in [2.05, 4.69) is 10.3 Å². The van der Waals surface area contributed by atoms with Crippen molar-refractivity contribution in [3.63, 3.8) is 0 Å². The lowest BCUT2D eigenvalue weighted by Crippen LogP contribution is -2.27. The van der Waals surface area contributed by atoms with E-state index in [1.54, 1.807) is 0 Å². The maximum Gasteiger partial charge on any atom is 0.278 e. The summed E-state index contributed by atoms with van der Waals surface area (Å²) in [7, 11) is 0. The summed E-state index contributed by atoms with van der Waals surface area (Å²) in [6.07, 6.45) is 0. The molecular weight excluding hydrogens is 312 g/mol. The van der Waals surface area contributed by atoms with E-state index in [4.69, 9.17) is 4.98 Å². The van der Waals surface area contributed by atoms with Gasteiger partial charge in [0.15, 0.2) is 11.5 Å². The van der Waals surface area contributed by atoms with Crippen molar-refractivity contribution in [1.29, 1.82) is 0 Å². The molecule has 128 valence electrons. The number of nitrogens with zero attached hydrogens (tertiary/aromatic N) is 3. The van der Waals surface area contributed by atoms with Gasteiger partial charge in [-0.25, -0.2) is 9.97 Å². The SMILES string of the molecule is CCN(CC)c1nc2ccccc2nc1C(=O)Nc1ccc(C)cc1. The third-order valence-electron chi connectivity index (χ3n) is 4.14. The second kappa shape index (κ2) is 7.30. The van der Waals surface area contributed by atoms with Crippen molar-refractivity contribution < 1.29 is 4.79 Å². The maximum absolute atomic E-state index is 12.9. The maximum atomic E-state index is 12.9. The third kappa shape index (κ3) is 3.60. The normalized spacial score (nSPS) is 10.7. The zero-order chi connectivity index (χ0) is 17.8. The van der Waals surface area contributed by atoms with E-state index < -0.39 is 0 Å². The van der Waals surface area contributed by atoms with Crippen molar-refractivity contribution >= 4 is 28.4 Å². The van der Waals surface area contributed by atoms with E-state index in [9.17, 15) is 4.79 Å². The quantitative estimate of drug-likeness (QED) is 0.765. The van der Waals surface area contributed by atoms with Gasteiger partial charge in [0, 0.05) is 18.8 Å². The highest BCUT2D eigenvalue weighted by Gasteiger charge is 2.20. The fourth-order valence-electron chi connectivity index (χ4n) is 2.71. The largest absolute Gasteiger partial charge is 0.355 e. The van der Waals surface area contributed by atoms with E-state index in [-0.39, 0.29) is 5.91 Å². The minimum absolute atomic E-state index is 0.246. The van der Waals surface area contributed by atoms with Crippen LogP contribution in [-0.4, -0.2) is 29.0 Å². The third-order valence-corrected chi connectivity index (χ3v) is 4.14. The molecule has 5 nitrogen and oxygen atoms in total. The molecule has 0 radical (unpaired) electrons. The van der Waals surface area contributed by atoms with E-state index in [0.717, 1.165) is 29.9 Å². The number of benzene rings is 2. The van der Waals surface area contributed by atoms with Crippen molar-refractivity contribution in [2.75, 3.05) is 23.3 Å². The first kappa shape index (κ1) is 16.9. The van der Waals surface area contributed by atoms with E-state index in [0.29, 0.717) is 17.0 Å². The number of aromatic nitrogens is 2. The zero-order valence-corrected chi connectivity index (χ0v) is 14.8. The van der Waals surface area contributed by atoms with Crippen LogP contribution in [0.15, 0.2) is 48.5 Å². The number of amides is 1. The van der Waals surface area contributed by atoms with Gasteiger partial charge in [-0.3, -0.25) is 4.79 Å². The monoisotopic (exact) mass is 334 g/mol. The van der Waals surface area contributed by atoms with Gasteiger partial charge in [0.1, 0.15) is 0 Å². The second-order valence-corrected chi connectivity index (χ2v) is 5.88. The first-order chi connectivity index (χ1) is 12.1. The molecule has 3 aromatic rings. The molecular formula is C20H22N4O. The summed E-state index contributed by atoms with van der Waals surface area (Å²) in [5.74, 6) is 0.373. The number of nitrogens with one attached hydrogen (secondary N) is 1. The molecule has 0 saturated carbocycles. The molecule has 0 atom stereocenters. The molecule has 1 amide bonds. The molecule has 2 aromatic carbocycles. The van der Waals surface area contributed by atoms with E-state index in [1.165, 1.54) is 0 Å². The number of hydrogen-bond donors (Lipinski definition) is 1. The zero-order valence-electron chi connectivity index (χ0n) is 14.8. The Morgan fingerprint density at radius 2 is 1.56 bits per heavy atom. The Kier molecular flexibility index (Phi) is 4.93. The van der Waals surface area contributed by atoms with Crippen molar-refractivity contribution in [3.05, 3.63) is 59.8 Å². The predicted molar refractivity (Wildman–Crippen MR) is 102 cm³/mol. The molecule has 0 fully saturated rings. The minimum Gasteiger partial charge on any atom is -0.355 e. The molecule has 0 spiro atoms. The van der Waals surface area contributed by atoms with Crippen LogP contribution in [0.2, 0.25) is 0 Å². The molecule has 0 unspecified atom stereocenters. The van der Waals surface area contributed by atoms with E-state index in [1.807, 2.05) is 74.2 Å². The fourth-order valence-corrected chi connectivity index (χ4v) is 2.71. The lowest BCUT2D eigenvalue weighted by molar-refractivity contribution is 0.102. The number of aryl methyl sites for hydroxylation is 1.